The van der Waals surface area contributed by atoms with Gasteiger partial charge in [0.2, 0.25) is 5.91 Å². The number of hydrogen-bond acceptors (Lipinski definition) is 4. The Morgan fingerprint density at radius 2 is 1.70 bits per heavy atom. The van der Waals surface area contributed by atoms with E-state index in [-0.39, 0.29) is 17.7 Å². The Morgan fingerprint density at radius 3 is 2.33 bits per heavy atom. The molecule has 1 saturated carbocycles. The molecule has 2 N–H and O–H groups in total. The molecule has 1 fully saturated rings. The Balaban J connectivity index is 1.48. The fourth-order valence-corrected chi connectivity index (χ4v) is 2.49. The van der Waals surface area contributed by atoms with Crippen LogP contribution < -0.4 is 10.6 Å². The van der Waals surface area contributed by atoms with Crippen LogP contribution in [0.25, 0.3) is 0 Å². The first-order valence-electron chi connectivity index (χ1n) is 8.96. The molecule has 0 aliphatic heterocycles. The highest BCUT2D eigenvalue weighted by molar-refractivity contribution is 5.95. The van der Waals surface area contributed by atoms with Crippen molar-refractivity contribution in [2.45, 2.75) is 32.4 Å². The van der Waals surface area contributed by atoms with Gasteiger partial charge in [0.1, 0.15) is 0 Å². The third-order valence-corrected chi connectivity index (χ3v) is 4.30. The van der Waals surface area contributed by atoms with Gasteiger partial charge < -0.3 is 15.4 Å². The van der Waals surface area contributed by atoms with Crippen LogP contribution in [-0.4, -0.2) is 23.9 Å². The monoisotopic (exact) mass is 366 g/mol. The molecule has 1 unspecified atom stereocenters. The summed E-state index contributed by atoms with van der Waals surface area (Å²) >= 11 is 0. The summed E-state index contributed by atoms with van der Waals surface area (Å²) in [7, 11) is 0. The Bertz CT molecular complexity index is 814. The molecule has 0 radical (unpaired) electrons. The Labute approximate surface area is 157 Å². The quantitative estimate of drug-likeness (QED) is 0.738. The molecule has 6 heteroatoms. The second-order valence-electron chi connectivity index (χ2n) is 6.59. The van der Waals surface area contributed by atoms with Crippen molar-refractivity contribution in [1.29, 1.82) is 0 Å². The van der Waals surface area contributed by atoms with E-state index in [1.807, 2.05) is 30.3 Å². The molecule has 1 atom stereocenters. The maximum Gasteiger partial charge on any atom is 0.338 e. The summed E-state index contributed by atoms with van der Waals surface area (Å²) in [4.78, 5) is 36.0. The maximum absolute atomic E-state index is 12.2. The summed E-state index contributed by atoms with van der Waals surface area (Å²) in [5, 5.41) is 5.55. The van der Waals surface area contributed by atoms with E-state index >= 15 is 0 Å². The molecule has 0 spiro atoms. The third kappa shape index (κ3) is 5.41. The average Bonchev–Trinajstić information content (AvgIpc) is 3.52. The molecule has 2 aromatic carbocycles. The number of rotatable bonds is 7. The molecule has 0 bridgehead atoms. The number of nitrogens with one attached hydrogen (secondary N) is 2. The molecule has 2 amide bonds. The van der Waals surface area contributed by atoms with Crippen LogP contribution in [0, 0.1) is 5.92 Å². The van der Waals surface area contributed by atoms with E-state index in [0.29, 0.717) is 17.8 Å². The van der Waals surface area contributed by atoms with Gasteiger partial charge in [-0.25, -0.2) is 4.79 Å². The highest BCUT2D eigenvalue weighted by Gasteiger charge is 2.29. The predicted molar refractivity (Wildman–Crippen MR) is 101 cm³/mol. The number of benzene rings is 2. The highest BCUT2D eigenvalue weighted by atomic mass is 16.5. The molecule has 1 aliphatic rings. The Hall–Kier alpha value is -3.15. The number of esters is 1. The van der Waals surface area contributed by atoms with Crippen molar-refractivity contribution in [2.24, 2.45) is 5.92 Å². The van der Waals surface area contributed by atoms with Crippen LogP contribution in [-0.2, 0) is 20.9 Å². The Morgan fingerprint density at radius 1 is 1.04 bits per heavy atom. The molecular formula is C21H22N2O4. The summed E-state index contributed by atoms with van der Waals surface area (Å²) < 4.78 is 5.22. The van der Waals surface area contributed by atoms with Gasteiger partial charge >= 0.3 is 5.97 Å². The smallest absolute Gasteiger partial charge is 0.338 e. The summed E-state index contributed by atoms with van der Waals surface area (Å²) in [5.74, 6) is -0.822. The van der Waals surface area contributed by atoms with E-state index in [2.05, 4.69) is 10.6 Å². The standard InChI is InChI=1S/C21H22N2O4/c1-14(19(24)22-13-15-5-3-2-4-6-15)27-21(26)17-9-11-18(12-10-17)23-20(25)16-7-8-16/h2-6,9-12,14,16H,7-8,13H2,1H3,(H,22,24)(H,23,25). The Kier molecular flexibility index (Phi) is 5.86. The van der Waals surface area contributed by atoms with E-state index in [9.17, 15) is 14.4 Å². The van der Waals surface area contributed by atoms with Gasteiger partial charge in [-0.1, -0.05) is 30.3 Å². The van der Waals surface area contributed by atoms with Gasteiger partial charge in [0.25, 0.3) is 5.91 Å². The SMILES string of the molecule is CC(OC(=O)c1ccc(NC(=O)C2CC2)cc1)C(=O)NCc1ccccc1. The zero-order valence-corrected chi connectivity index (χ0v) is 15.1. The fraction of sp³-hybridized carbons (Fsp3) is 0.286. The molecule has 6 nitrogen and oxygen atoms in total. The molecule has 27 heavy (non-hydrogen) atoms. The van der Waals surface area contributed by atoms with E-state index < -0.39 is 12.1 Å². The van der Waals surface area contributed by atoms with Crippen LogP contribution in [0.4, 0.5) is 5.69 Å². The van der Waals surface area contributed by atoms with Gasteiger partial charge in [-0.2, -0.15) is 0 Å². The number of carbonyl (C=O) groups excluding carboxylic acids is 3. The number of carbonyl (C=O) groups is 3. The predicted octanol–water partition coefficient (Wildman–Crippen LogP) is 2.90. The van der Waals surface area contributed by atoms with Crippen LogP contribution in [0.2, 0.25) is 0 Å². The normalized spacial score (nSPS) is 14.1. The lowest BCUT2D eigenvalue weighted by Crippen LogP contribution is -2.35. The van der Waals surface area contributed by atoms with Gasteiger partial charge in [0, 0.05) is 18.2 Å². The van der Waals surface area contributed by atoms with Gasteiger partial charge in [0.15, 0.2) is 6.10 Å². The summed E-state index contributed by atoms with van der Waals surface area (Å²) in [6, 6.07) is 15.9. The number of amides is 2. The molecule has 2 aromatic rings. The lowest BCUT2D eigenvalue weighted by atomic mass is 10.2. The first-order valence-corrected chi connectivity index (χ1v) is 8.96. The molecule has 3 rings (SSSR count). The van der Waals surface area contributed by atoms with Crippen molar-refractivity contribution in [3.63, 3.8) is 0 Å². The third-order valence-electron chi connectivity index (χ3n) is 4.30. The van der Waals surface area contributed by atoms with Crippen LogP contribution in [0.5, 0.6) is 0 Å². The summed E-state index contributed by atoms with van der Waals surface area (Å²) in [6.45, 7) is 1.90. The lowest BCUT2D eigenvalue weighted by Gasteiger charge is -2.14. The van der Waals surface area contributed by atoms with E-state index in [1.165, 1.54) is 6.92 Å². The molecular weight excluding hydrogens is 344 g/mol. The van der Waals surface area contributed by atoms with Gasteiger partial charge in [-0.3, -0.25) is 9.59 Å². The molecule has 1 aliphatic carbocycles. The minimum absolute atomic E-state index is 0.00837. The zero-order valence-electron chi connectivity index (χ0n) is 15.1. The lowest BCUT2D eigenvalue weighted by molar-refractivity contribution is -0.129. The number of ether oxygens (including phenoxy) is 1. The highest BCUT2D eigenvalue weighted by Crippen LogP contribution is 2.30. The molecule has 140 valence electrons. The molecule has 0 saturated heterocycles. The van der Waals surface area contributed by atoms with Crippen LogP contribution >= 0.6 is 0 Å². The first kappa shape index (κ1) is 18.6. The largest absolute Gasteiger partial charge is 0.449 e. The van der Waals surface area contributed by atoms with Crippen LogP contribution in [0.3, 0.4) is 0 Å². The minimum Gasteiger partial charge on any atom is -0.449 e. The summed E-state index contributed by atoms with van der Waals surface area (Å²) in [5.41, 5.74) is 1.92. The van der Waals surface area contributed by atoms with Crippen molar-refractivity contribution in [3.05, 3.63) is 65.7 Å². The van der Waals surface area contributed by atoms with Crippen LogP contribution in [0.1, 0.15) is 35.7 Å². The van der Waals surface area contributed by atoms with E-state index in [0.717, 1.165) is 18.4 Å². The zero-order chi connectivity index (χ0) is 19.2. The van der Waals surface area contributed by atoms with Crippen LogP contribution in [0.15, 0.2) is 54.6 Å². The van der Waals surface area contributed by atoms with Crippen molar-refractivity contribution in [2.75, 3.05) is 5.32 Å². The molecule has 0 heterocycles. The van der Waals surface area contributed by atoms with Crippen molar-refractivity contribution < 1.29 is 19.1 Å². The van der Waals surface area contributed by atoms with Crippen molar-refractivity contribution >= 4 is 23.5 Å². The summed E-state index contributed by atoms with van der Waals surface area (Å²) in [6.07, 6.45) is 0.955. The van der Waals surface area contributed by atoms with Gasteiger partial charge in [0.05, 0.1) is 5.56 Å². The van der Waals surface area contributed by atoms with E-state index in [1.54, 1.807) is 24.3 Å². The van der Waals surface area contributed by atoms with Crippen molar-refractivity contribution in [1.82, 2.24) is 5.32 Å². The van der Waals surface area contributed by atoms with Gasteiger partial charge in [-0.05, 0) is 49.6 Å². The second-order valence-corrected chi connectivity index (χ2v) is 6.59. The van der Waals surface area contributed by atoms with Gasteiger partial charge in [-0.15, -0.1) is 0 Å². The topological polar surface area (TPSA) is 84.5 Å². The number of anilines is 1. The number of hydrogen-bond donors (Lipinski definition) is 2. The molecule has 0 aromatic heterocycles. The maximum atomic E-state index is 12.2. The second kappa shape index (κ2) is 8.49. The average molecular weight is 366 g/mol. The minimum atomic E-state index is -0.907. The van der Waals surface area contributed by atoms with Crippen molar-refractivity contribution in [3.8, 4) is 0 Å². The first-order chi connectivity index (χ1) is 13.0. The fourth-order valence-electron chi connectivity index (χ4n) is 2.49. The van der Waals surface area contributed by atoms with E-state index in [4.69, 9.17) is 4.74 Å².